The molecule has 0 saturated heterocycles. The first-order valence-corrected chi connectivity index (χ1v) is 0.494. The molecule has 37 valence electrons. The summed E-state index contributed by atoms with van der Waals surface area (Å²) in [5.41, 5.74) is 0. The molecule has 0 spiro atoms. The Kier molecular flexibility index (Phi) is 155. The van der Waals surface area contributed by atoms with Gasteiger partial charge in [-0.1, -0.05) is 0 Å². The van der Waals surface area contributed by atoms with Crippen LogP contribution >= 0.6 is 0 Å². The first kappa shape index (κ1) is 20.3. The largest absolute Gasteiger partial charge is 0.483 e. The SMILES string of the molecule is N.O=CO.[Cu]. The molecule has 0 aromatic heterocycles. The third-order valence-corrected chi connectivity index (χ3v) is 0. The molecule has 4 heteroatoms. The van der Waals surface area contributed by atoms with Crippen LogP contribution in [0.1, 0.15) is 0 Å². The molecule has 0 aromatic carbocycles. The van der Waals surface area contributed by atoms with Gasteiger partial charge in [0.15, 0.2) is 0 Å². The second-order valence-corrected chi connectivity index (χ2v) is 0.105. The predicted molar refractivity (Wildman–Crippen MR) is 13.7 cm³/mol. The fourth-order valence-electron chi connectivity index (χ4n) is 0. The molecule has 1 radical (unpaired) electrons. The zero-order chi connectivity index (χ0) is 2.71. The molecule has 0 unspecified atom stereocenters. The number of carboxylic acid groups (broad SMARTS) is 1. The summed E-state index contributed by atoms with van der Waals surface area (Å²) in [5.74, 6) is 0. The van der Waals surface area contributed by atoms with Gasteiger partial charge in [-0.3, -0.25) is 4.79 Å². The van der Waals surface area contributed by atoms with Crippen molar-refractivity contribution < 1.29 is 27.0 Å². The molecular weight excluding hydrogens is 122 g/mol. The van der Waals surface area contributed by atoms with Crippen molar-refractivity contribution in [2.75, 3.05) is 0 Å². The fraction of sp³-hybridized carbons (Fsp3) is 0. The maximum atomic E-state index is 8.36. The van der Waals surface area contributed by atoms with Gasteiger partial charge >= 0.3 is 0 Å². The van der Waals surface area contributed by atoms with Gasteiger partial charge in [-0.25, -0.2) is 0 Å². The van der Waals surface area contributed by atoms with Crippen LogP contribution in [0.2, 0.25) is 0 Å². The molecule has 0 aromatic rings. The topological polar surface area (TPSA) is 72.3 Å². The van der Waals surface area contributed by atoms with Gasteiger partial charge in [-0.15, -0.1) is 0 Å². The van der Waals surface area contributed by atoms with E-state index < -0.39 is 0 Å². The maximum absolute atomic E-state index is 8.36. The second kappa shape index (κ2) is 38.1. The van der Waals surface area contributed by atoms with E-state index in [0.717, 1.165) is 0 Å². The van der Waals surface area contributed by atoms with Gasteiger partial charge in [0.05, 0.1) is 0 Å². The van der Waals surface area contributed by atoms with Crippen molar-refractivity contribution in [3.63, 3.8) is 0 Å². The number of hydrogen-bond acceptors (Lipinski definition) is 2. The van der Waals surface area contributed by atoms with Crippen LogP contribution in [-0.4, -0.2) is 11.6 Å². The summed E-state index contributed by atoms with van der Waals surface area (Å²) in [6, 6.07) is 0. The van der Waals surface area contributed by atoms with Gasteiger partial charge in [0, 0.05) is 17.1 Å². The monoisotopic (exact) mass is 126 g/mol. The molecular formula is CH5CuNO2. The Balaban J connectivity index is -0.0000000200. The van der Waals surface area contributed by atoms with Gasteiger partial charge < -0.3 is 11.3 Å². The van der Waals surface area contributed by atoms with Gasteiger partial charge in [-0.05, 0) is 0 Å². The molecule has 0 rings (SSSR count). The summed E-state index contributed by atoms with van der Waals surface area (Å²) in [5, 5.41) is 6.89. The van der Waals surface area contributed by atoms with Gasteiger partial charge in [0.1, 0.15) is 0 Å². The van der Waals surface area contributed by atoms with Crippen LogP contribution in [0.15, 0.2) is 0 Å². The van der Waals surface area contributed by atoms with E-state index in [0.29, 0.717) is 0 Å². The summed E-state index contributed by atoms with van der Waals surface area (Å²) in [6.45, 7) is -0.250. The van der Waals surface area contributed by atoms with Gasteiger partial charge in [-0.2, -0.15) is 0 Å². The number of carbonyl (C=O) groups is 1. The van der Waals surface area contributed by atoms with Crippen molar-refractivity contribution in [1.29, 1.82) is 0 Å². The zero-order valence-corrected chi connectivity index (χ0v) is 3.38. The van der Waals surface area contributed by atoms with E-state index in [9.17, 15) is 0 Å². The Bertz CT molecular complexity index is 17.1. The van der Waals surface area contributed by atoms with Crippen molar-refractivity contribution >= 4 is 6.47 Å². The fourth-order valence-corrected chi connectivity index (χ4v) is 0. The molecule has 3 nitrogen and oxygen atoms in total. The average Bonchev–Trinajstić information content (AvgIpc) is 0.918. The predicted octanol–water partition coefficient (Wildman–Crippen LogP) is -0.140. The van der Waals surface area contributed by atoms with Crippen molar-refractivity contribution in [3.8, 4) is 0 Å². The summed E-state index contributed by atoms with van der Waals surface area (Å²) < 4.78 is 0. The van der Waals surface area contributed by atoms with Crippen LogP contribution in [-0.2, 0) is 21.9 Å². The van der Waals surface area contributed by atoms with E-state index in [1.165, 1.54) is 0 Å². The van der Waals surface area contributed by atoms with E-state index in [1.807, 2.05) is 0 Å². The van der Waals surface area contributed by atoms with Crippen LogP contribution in [0.4, 0.5) is 0 Å². The Labute approximate surface area is 40.4 Å². The minimum absolute atomic E-state index is 0. The summed E-state index contributed by atoms with van der Waals surface area (Å²) in [7, 11) is 0. The second-order valence-electron chi connectivity index (χ2n) is 0.105. The smallest absolute Gasteiger partial charge is 0.290 e. The third-order valence-electron chi connectivity index (χ3n) is 0. The van der Waals surface area contributed by atoms with Crippen LogP contribution in [0.25, 0.3) is 0 Å². The molecule has 0 atom stereocenters. The molecule has 4 N–H and O–H groups in total. The van der Waals surface area contributed by atoms with E-state index in [4.69, 9.17) is 9.90 Å². The molecule has 0 bridgehead atoms. The quantitative estimate of drug-likeness (QED) is 0.351. The molecule has 0 aliphatic heterocycles. The summed E-state index contributed by atoms with van der Waals surface area (Å²) in [4.78, 5) is 8.36. The molecule has 0 heterocycles. The molecule has 0 saturated carbocycles. The van der Waals surface area contributed by atoms with Crippen molar-refractivity contribution in [3.05, 3.63) is 0 Å². The van der Waals surface area contributed by atoms with E-state index in [-0.39, 0.29) is 29.7 Å². The molecule has 0 amide bonds. The normalized spacial score (nSPS) is 2.40. The van der Waals surface area contributed by atoms with Gasteiger partial charge in [0.2, 0.25) is 0 Å². The van der Waals surface area contributed by atoms with Crippen LogP contribution in [0, 0.1) is 0 Å². The number of hydrogen-bond donors (Lipinski definition) is 2. The minimum atomic E-state index is -0.250. The van der Waals surface area contributed by atoms with E-state index in [1.54, 1.807) is 0 Å². The van der Waals surface area contributed by atoms with Crippen molar-refractivity contribution in [2.24, 2.45) is 0 Å². The van der Waals surface area contributed by atoms with Crippen LogP contribution in [0.3, 0.4) is 0 Å². The summed E-state index contributed by atoms with van der Waals surface area (Å²) >= 11 is 0. The standard InChI is InChI=1S/CH2O2.Cu.H3N/c2-1-3;;/h1H,(H,2,3);;1H3. The molecule has 0 aliphatic carbocycles. The van der Waals surface area contributed by atoms with Crippen molar-refractivity contribution in [1.82, 2.24) is 6.15 Å². The first-order valence-electron chi connectivity index (χ1n) is 0.494. The Morgan fingerprint density at radius 2 is 1.60 bits per heavy atom. The first-order chi connectivity index (χ1) is 1.41. The van der Waals surface area contributed by atoms with E-state index >= 15 is 0 Å². The Hall–Kier alpha value is -0.0505. The summed E-state index contributed by atoms with van der Waals surface area (Å²) in [6.07, 6.45) is 0. The molecule has 5 heavy (non-hydrogen) atoms. The van der Waals surface area contributed by atoms with Crippen LogP contribution < -0.4 is 6.15 Å². The minimum Gasteiger partial charge on any atom is -0.483 e. The molecule has 0 fully saturated rings. The molecule has 0 aliphatic rings. The van der Waals surface area contributed by atoms with Crippen LogP contribution in [0.5, 0.6) is 0 Å². The number of rotatable bonds is 0. The maximum Gasteiger partial charge on any atom is 0.290 e. The van der Waals surface area contributed by atoms with Crippen molar-refractivity contribution in [2.45, 2.75) is 0 Å². The average molecular weight is 127 g/mol. The Morgan fingerprint density at radius 3 is 1.60 bits per heavy atom. The zero-order valence-electron chi connectivity index (χ0n) is 2.44. The van der Waals surface area contributed by atoms with E-state index in [2.05, 4.69) is 0 Å². The Morgan fingerprint density at radius 1 is 1.60 bits per heavy atom. The third kappa shape index (κ3) is 5880. The van der Waals surface area contributed by atoms with Gasteiger partial charge in [0.25, 0.3) is 6.47 Å².